The van der Waals surface area contributed by atoms with Crippen LogP contribution in [0, 0.1) is 0 Å². The van der Waals surface area contributed by atoms with Gasteiger partial charge in [0.1, 0.15) is 24.4 Å². The molecule has 0 bridgehead atoms. The summed E-state index contributed by atoms with van der Waals surface area (Å²) in [6.07, 6.45) is -2.67. The molecule has 6 heteroatoms. The Morgan fingerprint density at radius 2 is 1.30 bits per heavy atom. The van der Waals surface area contributed by atoms with Crippen molar-refractivity contribution < 1.29 is 28.4 Å². The SMILES string of the molecule is CO[C@@H]1O[C@H]2CO[C@H](c3ccccc3)O[C@@H]2[C@H]2O[C@H](c3ccccc3)O[C@@H]12. The Kier molecular flexibility index (Phi) is 4.69. The van der Waals surface area contributed by atoms with Crippen LogP contribution in [0.15, 0.2) is 60.7 Å². The Morgan fingerprint density at radius 3 is 1.96 bits per heavy atom. The van der Waals surface area contributed by atoms with Gasteiger partial charge in [0.2, 0.25) is 0 Å². The first-order valence-corrected chi connectivity index (χ1v) is 9.19. The first kappa shape index (κ1) is 17.3. The van der Waals surface area contributed by atoms with Crippen LogP contribution in [0.1, 0.15) is 23.7 Å². The molecule has 3 saturated heterocycles. The van der Waals surface area contributed by atoms with Crippen LogP contribution in [0.3, 0.4) is 0 Å². The van der Waals surface area contributed by atoms with Crippen molar-refractivity contribution in [2.75, 3.05) is 13.7 Å². The summed E-state index contributed by atoms with van der Waals surface area (Å²) < 4.78 is 36.1. The third-order valence-electron chi connectivity index (χ3n) is 5.22. The maximum Gasteiger partial charge on any atom is 0.186 e. The van der Waals surface area contributed by atoms with Crippen LogP contribution in [-0.4, -0.2) is 44.4 Å². The molecule has 3 aliphatic heterocycles. The van der Waals surface area contributed by atoms with E-state index in [0.717, 1.165) is 11.1 Å². The zero-order valence-corrected chi connectivity index (χ0v) is 15.0. The van der Waals surface area contributed by atoms with E-state index in [0.29, 0.717) is 6.61 Å². The van der Waals surface area contributed by atoms with Crippen molar-refractivity contribution in [1.82, 2.24) is 0 Å². The first-order chi connectivity index (χ1) is 13.3. The molecule has 142 valence electrons. The lowest BCUT2D eigenvalue weighted by atomic mass is 9.98. The van der Waals surface area contributed by atoms with Gasteiger partial charge in [-0.2, -0.15) is 0 Å². The van der Waals surface area contributed by atoms with Crippen LogP contribution in [0.2, 0.25) is 0 Å². The summed E-state index contributed by atoms with van der Waals surface area (Å²) in [6, 6.07) is 19.8. The molecule has 3 fully saturated rings. The second-order valence-corrected chi connectivity index (χ2v) is 6.90. The fraction of sp³-hybridized carbons (Fsp3) is 0.429. The fourth-order valence-electron chi connectivity index (χ4n) is 3.90. The monoisotopic (exact) mass is 370 g/mol. The Labute approximate surface area is 157 Å². The van der Waals surface area contributed by atoms with E-state index in [1.54, 1.807) is 7.11 Å². The van der Waals surface area contributed by atoms with Gasteiger partial charge in [-0.05, 0) is 0 Å². The van der Waals surface area contributed by atoms with E-state index >= 15 is 0 Å². The van der Waals surface area contributed by atoms with Crippen molar-refractivity contribution in [1.29, 1.82) is 0 Å². The highest BCUT2D eigenvalue weighted by Gasteiger charge is 2.56. The van der Waals surface area contributed by atoms with Crippen LogP contribution in [0.25, 0.3) is 0 Å². The quantitative estimate of drug-likeness (QED) is 0.828. The van der Waals surface area contributed by atoms with Gasteiger partial charge in [0, 0.05) is 18.2 Å². The zero-order valence-electron chi connectivity index (χ0n) is 15.0. The molecule has 2 aromatic rings. The standard InChI is InChI=1S/C21H22O6/c1-22-21-18-17(26-20(27-18)14-10-6-3-7-11-14)16-15(24-21)12-23-19(25-16)13-8-4-2-5-9-13/h2-11,15-21H,12H2,1H3/t15-,16-,17+,18+,19-,20-,21+/m0/s1. The predicted molar refractivity (Wildman–Crippen MR) is 94.6 cm³/mol. The van der Waals surface area contributed by atoms with Crippen LogP contribution in [0.4, 0.5) is 0 Å². The highest BCUT2D eigenvalue weighted by atomic mass is 16.8. The number of hydrogen-bond acceptors (Lipinski definition) is 6. The lowest BCUT2D eigenvalue weighted by molar-refractivity contribution is -0.343. The fourth-order valence-corrected chi connectivity index (χ4v) is 3.90. The lowest BCUT2D eigenvalue weighted by Crippen LogP contribution is -2.61. The molecular weight excluding hydrogens is 348 g/mol. The Bertz CT molecular complexity index is 754. The molecule has 3 aliphatic rings. The Hall–Kier alpha value is -1.80. The van der Waals surface area contributed by atoms with Crippen LogP contribution < -0.4 is 0 Å². The summed E-state index contributed by atoms with van der Waals surface area (Å²) in [5.74, 6) is 0. The van der Waals surface area contributed by atoms with Gasteiger partial charge in [0.25, 0.3) is 0 Å². The molecule has 0 unspecified atom stereocenters. The first-order valence-electron chi connectivity index (χ1n) is 9.19. The molecule has 6 nitrogen and oxygen atoms in total. The maximum atomic E-state index is 6.27. The molecule has 0 aliphatic carbocycles. The third kappa shape index (κ3) is 3.18. The zero-order chi connectivity index (χ0) is 18.2. The second-order valence-electron chi connectivity index (χ2n) is 6.90. The highest BCUT2D eigenvalue weighted by Crippen LogP contribution is 2.43. The van der Waals surface area contributed by atoms with Crippen molar-refractivity contribution in [3.05, 3.63) is 71.8 Å². The summed E-state index contributed by atoms with van der Waals surface area (Å²) in [6.45, 7) is 0.409. The Balaban J connectivity index is 1.39. The second kappa shape index (κ2) is 7.31. The van der Waals surface area contributed by atoms with Crippen molar-refractivity contribution in [2.24, 2.45) is 0 Å². The van der Waals surface area contributed by atoms with Gasteiger partial charge in [-0.15, -0.1) is 0 Å². The molecule has 7 atom stereocenters. The summed E-state index contributed by atoms with van der Waals surface area (Å²) in [5.41, 5.74) is 1.94. The molecule has 0 amide bonds. The largest absolute Gasteiger partial charge is 0.353 e. The maximum absolute atomic E-state index is 6.27. The number of hydrogen-bond donors (Lipinski definition) is 0. The van der Waals surface area contributed by atoms with Crippen molar-refractivity contribution in [2.45, 2.75) is 43.3 Å². The topological polar surface area (TPSA) is 55.4 Å². The molecule has 0 radical (unpaired) electrons. The van der Waals surface area contributed by atoms with Gasteiger partial charge in [-0.25, -0.2) is 0 Å². The molecule has 0 saturated carbocycles. The predicted octanol–water partition coefficient (Wildman–Crippen LogP) is 2.95. The summed E-state index contributed by atoms with van der Waals surface area (Å²) in [5, 5.41) is 0. The Morgan fingerprint density at radius 1 is 0.704 bits per heavy atom. The molecule has 2 aromatic carbocycles. The van der Waals surface area contributed by atoms with Crippen LogP contribution >= 0.6 is 0 Å². The normalized spacial score (nSPS) is 38.2. The number of benzene rings is 2. The number of fused-ring (bicyclic) bond motifs is 3. The molecule has 3 heterocycles. The highest BCUT2D eigenvalue weighted by molar-refractivity contribution is 5.18. The van der Waals surface area contributed by atoms with Crippen molar-refractivity contribution in [3.8, 4) is 0 Å². The van der Waals surface area contributed by atoms with E-state index in [1.165, 1.54) is 0 Å². The average molecular weight is 370 g/mol. The van der Waals surface area contributed by atoms with Crippen molar-refractivity contribution in [3.63, 3.8) is 0 Å². The van der Waals surface area contributed by atoms with Gasteiger partial charge in [0.05, 0.1) is 6.61 Å². The molecule has 27 heavy (non-hydrogen) atoms. The molecule has 5 rings (SSSR count). The minimum atomic E-state index is -0.523. The summed E-state index contributed by atoms with van der Waals surface area (Å²) in [4.78, 5) is 0. The number of ether oxygens (including phenoxy) is 6. The van der Waals surface area contributed by atoms with E-state index in [9.17, 15) is 0 Å². The van der Waals surface area contributed by atoms with E-state index in [2.05, 4.69) is 0 Å². The van der Waals surface area contributed by atoms with Gasteiger partial charge in [-0.1, -0.05) is 60.7 Å². The number of methoxy groups -OCH3 is 1. The van der Waals surface area contributed by atoms with E-state index in [-0.39, 0.29) is 24.4 Å². The molecule has 0 N–H and O–H groups in total. The van der Waals surface area contributed by atoms with Gasteiger partial charge >= 0.3 is 0 Å². The van der Waals surface area contributed by atoms with E-state index in [4.69, 9.17) is 28.4 Å². The minimum absolute atomic E-state index is 0.269. The third-order valence-corrected chi connectivity index (χ3v) is 5.22. The summed E-state index contributed by atoms with van der Waals surface area (Å²) in [7, 11) is 1.61. The van der Waals surface area contributed by atoms with E-state index in [1.807, 2.05) is 60.7 Å². The van der Waals surface area contributed by atoms with Crippen LogP contribution in [0.5, 0.6) is 0 Å². The van der Waals surface area contributed by atoms with E-state index < -0.39 is 18.9 Å². The lowest BCUT2D eigenvalue weighted by Gasteiger charge is -2.45. The van der Waals surface area contributed by atoms with Crippen LogP contribution in [-0.2, 0) is 28.4 Å². The van der Waals surface area contributed by atoms with Gasteiger partial charge < -0.3 is 28.4 Å². The van der Waals surface area contributed by atoms with Gasteiger partial charge in [-0.3, -0.25) is 0 Å². The molecule has 0 aromatic heterocycles. The smallest absolute Gasteiger partial charge is 0.186 e. The number of rotatable bonds is 3. The van der Waals surface area contributed by atoms with Crippen molar-refractivity contribution >= 4 is 0 Å². The average Bonchev–Trinajstić information content (AvgIpc) is 3.20. The van der Waals surface area contributed by atoms with Gasteiger partial charge in [0.15, 0.2) is 18.9 Å². The summed E-state index contributed by atoms with van der Waals surface area (Å²) >= 11 is 0. The molecule has 0 spiro atoms. The minimum Gasteiger partial charge on any atom is -0.353 e. The molecular formula is C21H22O6.